The molecule has 0 aliphatic carbocycles. The quantitative estimate of drug-likeness (QED) is 0.870. The van der Waals surface area contributed by atoms with Crippen molar-refractivity contribution in [2.45, 2.75) is 13.0 Å². The number of hydrogen-bond donors (Lipinski definition) is 1. The molecule has 1 aliphatic heterocycles. The lowest BCUT2D eigenvalue weighted by Gasteiger charge is -2.31. The van der Waals surface area contributed by atoms with Crippen molar-refractivity contribution in [3.05, 3.63) is 23.2 Å². The SMILES string of the molecule is C[C@H]1Oc2ccc(Cl)cc2N(CC(=O)O)C1=O. The minimum Gasteiger partial charge on any atom is -0.480 e. The van der Waals surface area contributed by atoms with Crippen LogP contribution in [0.4, 0.5) is 5.69 Å². The molecule has 5 nitrogen and oxygen atoms in total. The molecule has 0 bridgehead atoms. The first-order valence-electron chi connectivity index (χ1n) is 4.98. The Bertz CT molecular complexity index is 488. The number of anilines is 1. The van der Waals surface area contributed by atoms with Crippen molar-refractivity contribution in [1.29, 1.82) is 0 Å². The zero-order valence-electron chi connectivity index (χ0n) is 9.01. The van der Waals surface area contributed by atoms with Crippen molar-refractivity contribution in [2.24, 2.45) is 0 Å². The molecule has 0 saturated heterocycles. The molecule has 17 heavy (non-hydrogen) atoms. The van der Waals surface area contributed by atoms with E-state index in [9.17, 15) is 9.59 Å². The lowest BCUT2D eigenvalue weighted by molar-refractivity contribution is -0.137. The molecule has 2 rings (SSSR count). The van der Waals surface area contributed by atoms with Crippen LogP contribution >= 0.6 is 11.6 Å². The molecule has 6 heteroatoms. The van der Waals surface area contributed by atoms with Gasteiger partial charge in [0.05, 0.1) is 5.69 Å². The van der Waals surface area contributed by atoms with Crippen LogP contribution in [0.25, 0.3) is 0 Å². The molecule has 0 fully saturated rings. The van der Waals surface area contributed by atoms with Crippen molar-refractivity contribution >= 4 is 29.2 Å². The van der Waals surface area contributed by atoms with Gasteiger partial charge >= 0.3 is 5.97 Å². The van der Waals surface area contributed by atoms with Crippen LogP contribution in [0.1, 0.15) is 6.92 Å². The highest BCUT2D eigenvalue weighted by molar-refractivity contribution is 6.31. The third-order valence-corrected chi connectivity index (χ3v) is 2.66. The van der Waals surface area contributed by atoms with Gasteiger partial charge in [0.2, 0.25) is 0 Å². The van der Waals surface area contributed by atoms with Gasteiger partial charge in [-0.15, -0.1) is 0 Å². The summed E-state index contributed by atoms with van der Waals surface area (Å²) in [5.74, 6) is -1.01. The number of carbonyl (C=O) groups is 2. The molecule has 1 amide bonds. The van der Waals surface area contributed by atoms with E-state index < -0.39 is 18.6 Å². The van der Waals surface area contributed by atoms with E-state index in [-0.39, 0.29) is 5.91 Å². The van der Waals surface area contributed by atoms with Gasteiger partial charge in [0, 0.05) is 5.02 Å². The number of nitrogens with zero attached hydrogens (tertiary/aromatic N) is 1. The van der Waals surface area contributed by atoms with E-state index in [1.807, 2.05) is 0 Å². The number of aliphatic carboxylic acids is 1. The first-order valence-corrected chi connectivity index (χ1v) is 5.36. The van der Waals surface area contributed by atoms with E-state index in [1.165, 1.54) is 6.07 Å². The standard InChI is InChI=1S/C11H10ClNO4/c1-6-11(16)13(5-10(14)15)8-4-7(12)2-3-9(8)17-6/h2-4,6H,5H2,1H3,(H,14,15)/t6-/m1/s1. The first-order chi connectivity index (χ1) is 7.99. The number of benzene rings is 1. The predicted molar refractivity (Wildman–Crippen MR) is 61.5 cm³/mol. The minimum absolute atomic E-state index is 0.387. The smallest absolute Gasteiger partial charge is 0.323 e. The molecule has 1 atom stereocenters. The lowest BCUT2D eigenvalue weighted by atomic mass is 10.2. The summed E-state index contributed by atoms with van der Waals surface area (Å²) in [4.78, 5) is 23.7. The van der Waals surface area contributed by atoms with Gasteiger partial charge in [-0.1, -0.05) is 11.6 Å². The number of carbonyl (C=O) groups excluding carboxylic acids is 1. The maximum atomic E-state index is 11.8. The number of hydrogen-bond acceptors (Lipinski definition) is 3. The van der Waals surface area contributed by atoms with Gasteiger partial charge in [0.25, 0.3) is 5.91 Å². The van der Waals surface area contributed by atoms with E-state index in [2.05, 4.69) is 0 Å². The van der Waals surface area contributed by atoms with E-state index >= 15 is 0 Å². The highest BCUT2D eigenvalue weighted by Crippen LogP contribution is 2.35. The predicted octanol–water partition coefficient (Wildman–Crippen LogP) is 1.54. The zero-order valence-corrected chi connectivity index (χ0v) is 9.77. The Morgan fingerprint density at radius 1 is 1.59 bits per heavy atom. The Labute approximate surface area is 103 Å². The van der Waals surface area contributed by atoms with Crippen LogP contribution in [0.3, 0.4) is 0 Å². The third-order valence-electron chi connectivity index (χ3n) is 2.42. The molecular weight excluding hydrogens is 246 g/mol. The average molecular weight is 256 g/mol. The van der Waals surface area contributed by atoms with Gasteiger partial charge in [0.15, 0.2) is 6.10 Å². The first kappa shape index (κ1) is 11.7. The van der Waals surface area contributed by atoms with Gasteiger partial charge < -0.3 is 9.84 Å². The fourth-order valence-corrected chi connectivity index (χ4v) is 1.84. The maximum Gasteiger partial charge on any atom is 0.323 e. The summed E-state index contributed by atoms with van der Waals surface area (Å²) in [5, 5.41) is 9.22. The summed E-state index contributed by atoms with van der Waals surface area (Å²) in [6, 6.07) is 4.76. The Morgan fingerprint density at radius 2 is 2.29 bits per heavy atom. The van der Waals surface area contributed by atoms with Crippen molar-refractivity contribution in [1.82, 2.24) is 0 Å². The third kappa shape index (κ3) is 2.19. The van der Waals surface area contributed by atoms with Gasteiger partial charge in [-0.05, 0) is 25.1 Å². The van der Waals surface area contributed by atoms with E-state index in [0.717, 1.165) is 4.90 Å². The lowest BCUT2D eigenvalue weighted by Crippen LogP contribution is -2.46. The monoisotopic (exact) mass is 255 g/mol. The molecule has 0 unspecified atom stereocenters. The maximum absolute atomic E-state index is 11.8. The van der Waals surface area contributed by atoms with Crippen LogP contribution in [0.15, 0.2) is 18.2 Å². The van der Waals surface area contributed by atoms with Crippen LogP contribution in [-0.2, 0) is 9.59 Å². The number of ether oxygens (including phenoxy) is 1. The molecule has 90 valence electrons. The fraction of sp³-hybridized carbons (Fsp3) is 0.273. The second-order valence-electron chi connectivity index (χ2n) is 3.69. The highest BCUT2D eigenvalue weighted by atomic mass is 35.5. The number of halogens is 1. The number of carboxylic acids is 1. The van der Waals surface area contributed by atoms with Crippen LogP contribution in [0.5, 0.6) is 5.75 Å². The van der Waals surface area contributed by atoms with E-state index in [4.69, 9.17) is 21.4 Å². The fourth-order valence-electron chi connectivity index (χ4n) is 1.68. The van der Waals surface area contributed by atoms with Crippen molar-refractivity contribution in [3.8, 4) is 5.75 Å². The second kappa shape index (κ2) is 4.25. The molecule has 1 heterocycles. The largest absolute Gasteiger partial charge is 0.480 e. The highest BCUT2D eigenvalue weighted by Gasteiger charge is 2.32. The van der Waals surface area contributed by atoms with Gasteiger partial charge in [0.1, 0.15) is 12.3 Å². The van der Waals surface area contributed by atoms with Crippen LogP contribution < -0.4 is 9.64 Å². The molecule has 1 aromatic rings. The van der Waals surface area contributed by atoms with Crippen LogP contribution in [-0.4, -0.2) is 29.6 Å². The summed E-state index contributed by atoms with van der Waals surface area (Å²) in [5.41, 5.74) is 0.392. The minimum atomic E-state index is -1.08. The molecule has 1 N–H and O–H groups in total. The molecular formula is C11H10ClNO4. The van der Waals surface area contributed by atoms with Gasteiger partial charge in [-0.2, -0.15) is 0 Å². The number of amides is 1. The molecule has 0 spiro atoms. The van der Waals surface area contributed by atoms with Crippen molar-refractivity contribution in [2.75, 3.05) is 11.4 Å². The molecule has 1 aliphatic rings. The molecule has 0 saturated carbocycles. The zero-order chi connectivity index (χ0) is 12.6. The normalized spacial score (nSPS) is 18.6. The van der Waals surface area contributed by atoms with Crippen LogP contribution in [0, 0.1) is 0 Å². The topological polar surface area (TPSA) is 66.8 Å². The van der Waals surface area contributed by atoms with E-state index in [0.29, 0.717) is 16.5 Å². The summed E-state index contributed by atoms with van der Waals surface area (Å²) < 4.78 is 5.37. The summed E-state index contributed by atoms with van der Waals surface area (Å²) in [6.45, 7) is 1.18. The van der Waals surface area contributed by atoms with Crippen molar-refractivity contribution in [3.63, 3.8) is 0 Å². The van der Waals surface area contributed by atoms with E-state index in [1.54, 1.807) is 19.1 Å². The van der Waals surface area contributed by atoms with Crippen molar-refractivity contribution < 1.29 is 19.4 Å². The Kier molecular flexibility index (Phi) is 2.93. The number of carboxylic acid groups (broad SMARTS) is 1. The summed E-state index contributed by atoms with van der Waals surface area (Å²) >= 11 is 5.82. The average Bonchev–Trinajstić information content (AvgIpc) is 2.25. The second-order valence-corrected chi connectivity index (χ2v) is 4.13. The summed E-state index contributed by atoms with van der Waals surface area (Å²) in [7, 11) is 0. The molecule has 1 aromatic carbocycles. The van der Waals surface area contributed by atoms with Crippen LogP contribution in [0.2, 0.25) is 5.02 Å². The Balaban J connectivity index is 2.46. The van der Waals surface area contributed by atoms with Gasteiger partial charge in [-0.25, -0.2) is 0 Å². The Hall–Kier alpha value is -1.75. The Morgan fingerprint density at radius 3 is 2.94 bits per heavy atom. The number of rotatable bonds is 2. The van der Waals surface area contributed by atoms with Gasteiger partial charge in [-0.3, -0.25) is 14.5 Å². The molecule has 0 aromatic heterocycles. The number of fused-ring (bicyclic) bond motifs is 1. The molecule has 0 radical (unpaired) electrons. The summed E-state index contributed by atoms with van der Waals surface area (Å²) in [6.07, 6.45) is -0.692.